The minimum Gasteiger partial charge on any atom is -0.380 e. The number of halogens is 1. The molecule has 0 saturated carbocycles. The maximum atomic E-state index is 4.41. The number of pyridine rings is 1. The average Bonchev–Trinajstić information content (AvgIpc) is 2.46. The normalized spacial score (nSPS) is 10.8. The minimum absolute atomic E-state index is 0.783. The van der Waals surface area contributed by atoms with Crippen molar-refractivity contribution in [1.82, 2.24) is 4.98 Å². The number of fused-ring (bicyclic) bond motifs is 1. The van der Waals surface area contributed by atoms with Crippen molar-refractivity contribution in [3.8, 4) is 0 Å². The molecule has 2 aromatic carbocycles. The van der Waals surface area contributed by atoms with Crippen molar-refractivity contribution in [3.05, 3.63) is 69.8 Å². The molecule has 0 amide bonds. The monoisotopic (exact) mass is 340 g/mol. The van der Waals surface area contributed by atoms with E-state index in [0.717, 1.165) is 22.2 Å². The van der Waals surface area contributed by atoms with Crippen LogP contribution in [0.1, 0.15) is 16.7 Å². The third-order valence-electron chi connectivity index (χ3n) is 3.63. The number of para-hydroxylation sites is 1. The fraction of sp³-hybridized carbons (Fsp3) is 0.167. The van der Waals surface area contributed by atoms with Crippen LogP contribution in [0.15, 0.2) is 53.1 Å². The molecule has 1 heterocycles. The molecule has 3 rings (SSSR count). The Bertz CT molecular complexity index is 768. The average molecular weight is 341 g/mol. The van der Waals surface area contributed by atoms with E-state index in [1.54, 1.807) is 0 Å². The van der Waals surface area contributed by atoms with Gasteiger partial charge in [-0.15, -0.1) is 0 Å². The zero-order valence-corrected chi connectivity index (χ0v) is 13.7. The van der Waals surface area contributed by atoms with E-state index in [1.165, 1.54) is 22.1 Å². The van der Waals surface area contributed by atoms with Crippen molar-refractivity contribution in [2.24, 2.45) is 0 Å². The van der Waals surface area contributed by atoms with Crippen LogP contribution in [0, 0.1) is 13.8 Å². The molecule has 3 heteroatoms. The third kappa shape index (κ3) is 2.93. The number of nitrogens with zero attached hydrogens (tertiary/aromatic N) is 1. The summed E-state index contributed by atoms with van der Waals surface area (Å²) in [5, 5.41) is 4.74. The van der Waals surface area contributed by atoms with Crippen LogP contribution in [0.5, 0.6) is 0 Å². The van der Waals surface area contributed by atoms with Crippen LogP contribution in [0.4, 0.5) is 5.69 Å². The van der Waals surface area contributed by atoms with Gasteiger partial charge in [0.15, 0.2) is 0 Å². The second-order valence-corrected chi connectivity index (χ2v) is 6.13. The number of aryl methyl sites for hydroxylation is 2. The zero-order valence-electron chi connectivity index (χ0n) is 12.2. The van der Waals surface area contributed by atoms with Crippen molar-refractivity contribution in [2.75, 3.05) is 5.32 Å². The van der Waals surface area contributed by atoms with Crippen LogP contribution < -0.4 is 5.32 Å². The van der Waals surface area contributed by atoms with Crippen LogP contribution in [-0.2, 0) is 6.54 Å². The van der Waals surface area contributed by atoms with Crippen molar-refractivity contribution >= 4 is 32.5 Å². The van der Waals surface area contributed by atoms with Gasteiger partial charge in [0.2, 0.25) is 0 Å². The summed E-state index contributed by atoms with van der Waals surface area (Å²) < 4.78 is 1.11. The summed E-state index contributed by atoms with van der Waals surface area (Å²) in [6.07, 6.45) is 1.87. The summed E-state index contributed by atoms with van der Waals surface area (Å²) in [5.41, 5.74) is 5.96. The molecular formula is C18H17BrN2. The summed E-state index contributed by atoms with van der Waals surface area (Å²) in [4.78, 5) is 4.41. The first-order valence-electron chi connectivity index (χ1n) is 6.98. The number of hydrogen-bond donors (Lipinski definition) is 1. The number of rotatable bonds is 3. The molecule has 0 aliphatic carbocycles. The van der Waals surface area contributed by atoms with Crippen molar-refractivity contribution in [3.63, 3.8) is 0 Å². The Morgan fingerprint density at radius 1 is 1.10 bits per heavy atom. The molecule has 3 aromatic rings. The van der Waals surface area contributed by atoms with Crippen molar-refractivity contribution < 1.29 is 0 Å². The van der Waals surface area contributed by atoms with Crippen molar-refractivity contribution in [1.29, 1.82) is 0 Å². The lowest BCUT2D eigenvalue weighted by molar-refractivity contribution is 1.14. The Kier molecular flexibility index (Phi) is 3.93. The largest absolute Gasteiger partial charge is 0.380 e. The summed E-state index contributed by atoms with van der Waals surface area (Å²) in [6.45, 7) is 5.02. The molecule has 21 heavy (non-hydrogen) atoms. The maximum Gasteiger partial charge on any atom is 0.0705 e. The number of hydrogen-bond acceptors (Lipinski definition) is 2. The van der Waals surface area contributed by atoms with Gasteiger partial charge in [-0.1, -0.05) is 24.3 Å². The predicted octanol–water partition coefficient (Wildman–Crippen LogP) is 5.23. The highest BCUT2D eigenvalue weighted by Crippen LogP contribution is 2.28. The quantitative estimate of drug-likeness (QED) is 0.706. The third-order valence-corrected chi connectivity index (χ3v) is 4.25. The number of anilines is 1. The standard InChI is InChI=1S/C18H17BrN2/c1-12-9-13(2)18(16(19)10-12)21-11-14-7-8-20-17-6-4-3-5-15(14)17/h3-10,21H,11H2,1-2H3. The van der Waals surface area contributed by atoms with Gasteiger partial charge in [-0.3, -0.25) is 4.98 Å². The fourth-order valence-corrected chi connectivity index (χ4v) is 3.45. The smallest absolute Gasteiger partial charge is 0.0705 e. The first-order valence-corrected chi connectivity index (χ1v) is 7.77. The lowest BCUT2D eigenvalue weighted by atomic mass is 10.1. The van der Waals surface area contributed by atoms with E-state index in [4.69, 9.17) is 0 Å². The molecular weight excluding hydrogens is 324 g/mol. The molecule has 0 aliphatic rings. The highest BCUT2D eigenvalue weighted by atomic mass is 79.9. The van der Waals surface area contributed by atoms with Gasteiger partial charge in [-0.25, -0.2) is 0 Å². The molecule has 0 atom stereocenters. The van der Waals surface area contributed by atoms with Gasteiger partial charge in [0.1, 0.15) is 0 Å². The molecule has 1 aromatic heterocycles. The maximum absolute atomic E-state index is 4.41. The Morgan fingerprint density at radius 3 is 2.71 bits per heavy atom. The minimum atomic E-state index is 0.783. The zero-order chi connectivity index (χ0) is 14.8. The number of benzene rings is 2. The van der Waals surface area contributed by atoms with Crippen LogP contribution in [0.3, 0.4) is 0 Å². The molecule has 0 spiro atoms. The van der Waals surface area contributed by atoms with E-state index in [2.05, 4.69) is 70.4 Å². The van der Waals surface area contributed by atoms with E-state index in [0.29, 0.717) is 0 Å². The molecule has 0 unspecified atom stereocenters. The Balaban J connectivity index is 1.91. The highest BCUT2D eigenvalue weighted by Gasteiger charge is 2.06. The Labute approximate surface area is 133 Å². The summed E-state index contributed by atoms with van der Waals surface area (Å²) in [6, 6.07) is 14.7. The topological polar surface area (TPSA) is 24.9 Å². The molecule has 0 radical (unpaired) electrons. The van der Waals surface area contributed by atoms with Crippen LogP contribution >= 0.6 is 15.9 Å². The predicted molar refractivity (Wildman–Crippen MR) is 92.7 cm³/mol. The van der Waals surface area contributed by atoms with Crippen molar-refractivity contribution in [2.45, 2.75) is 20.4 Å². The second kappa shape index (κ2) is 5.86. The van der Waals surface area contributed by atoms with E-state index in [-0.39, 0.29) is 0 Å². The first kappa shape index (κ1) is 14.1. The molecule has 0 aliphatic heterocycles. The molecule has 0 bridgehead atoms. The summed E-state index contributed by atoms with van der Waals surface area (Å²) >= 11 is 3.65. The van der Waals surface area contributed by atoms with Gasteiger partial charge in [0, 0.05) is 22.6 Å². The molecule has 1 N–H and O–H groups in total. The second-order valence-electron chi connectivity index (χ2n) is 5.28. The highest BCUT2D eigenvalue weighted by molar-refractivity contribution is 9.10. The fourth-order valence-electron chi connectivity index (χ4n) is 2.63. The van der Waals surface area contributed by atoms with E-state index in [9.17, 15) is 0 Å². The molecule has 0 fully saturated rings. The van der Waals surface area contributed by atoms with Gasteiger partial charge in [-0.05, 0) is 64.7 Å². The van der Waals surface area contributed by atoms with Gasteiger partial charge in [0.05, 0.1) is 11.2 Å². The van der Waals surface area contributed by atoms with E-state index in [1.807, 2.05) is 18.3 Å². The summed E-state index contributed by atoms with van der Waals surface area (Å²) in [5.74, 6) is 0. The van der Waals surface area contributed by atoms with Gasteiger partial charge >= 0.3 is 0 Å². The van der Waals surface area contributed by atoms with Gasteiger partial charge in [-0.2, -0.15) is 0 Å². The molecule has 2 nitrogen and oxygen atoms in total. The first-order chi connectivity index (χ1) is 10.1. The summed E-state index contributed by atoms with van der Waals surface area (Å²) in [7, 11) is 0. The number of nitrogens with one attached hydrogen (secondary N) is 1. The number of aromatic nitrogens is 1. The van der Waals surface area contributed by atoms with Crippen LogP contribution in [0.2, 0.25) is 0 Å². The van der Waals surface area contributed by atoms with E-state index < -0.39 is 0 Å². The Hall–Kier alpha value is -1.87. The van der Waals surface area contributed by atoms with Gasteiger partial charge in [0.25, 0.3) is 0 Å². The lowest BCUT2D eigenvalue weighted by Gasteiger charge is -2.14. The lowest BCUT2D eigenvalue weighted by Crippen LogP contribution is -2.03. The Morgan fingerprint density at radius 2 is 1.90 bits per heavy atom. The van der Waals surface area contributed by atoms with E-state index >= 15 is 0 Å². The molecule has 106 valence electrons. The van der Waals surface area contributed by atoms with Gasteiger partial charge < -0.3 is 5.32 Å². The SMILES string of the molecule is Cc1cc(C)c(NCc2ccnc3ccccc23)c(Br)c1. The van der Waals surface area contributed by atoms with Crippen LogP contribution in [0.25, 0.3) is 10.9 Å². The molecule has 0 saturated heterocycles. The van der Waals surface area contributed by atoms with Crippen LogP contribution in [-0.4, -0.2) is 4.98 Å².